The van der Waals surface area contributed by atoms with E-state index in [2.05, 4.69) is 17.6 Å². The lowest BCUT2D eigenvalue weighted by molar-refractivity contribution is -0.384. The van der Waals surface area contributed by atoms with E-state index in [0.29, 0.717) is 11.3 Å². The number of carbonyl (C=O) groups is 1. The molecule has 2 aromatic carbocycles. The second-order valence-electron chi connectivity index (χ2n) is 6.68. The minimum Gasteiger partial charge on any atom is -0.451 e. The van der Waals surface area contributed by atoms with E-state index in [4.69, 9.17) is 16.6 Å². The van der Waals surface area contributed by atoms with Gasteiger partial charge >= 0.3 is 0 Å². The van der Waals surface area contributed by atoms with Gasteiger partial charge in [0.2, 0.25) is 0 Å². The van der Waals surface area contributed by atoms with Crippen LogP contribution < -0.4 is 10.6 Å². The summed E-state index contributed by atoms with van der Waals surface area (Å²) in [5, 5.41) is 16.6. The van der Waals surface area contributed by atoms with Crippen molar-refractivity contribution in [2.24, 2.45) is 0 Å². The minimum atomic E-state index is -0.510. The topological polar surface area (TPSA) is 97.4 Å². The third-order valence-electron chi connectivity index (χ3n) is 4.43. The number of furan rings is 1. The quantitative estimate of drug-likeness (QED) is 0.303. The van der Waals surface area contributed by atoms with Gasteiger partial charge in [0.25, 0.3) is 11.6 Å². The van der Waals surface area contributed by atoms with Gasteiger partial charge in [0.05, 0.1) is 4.92 Å². The number of nitrogens with one attached hydrogen (secondary N) is 2. The van der Waals surface area contributed by atoms with Crippen LogP contribution in [0.1, 0.15) is 35.9 Å². The van der Waals surface area contributed by atoms with Crippen LogP contribution in [0.3, 0.4) is 0 Å². The number of amides is 1. The Morgan fingerprint density at radius 1 is 1.13 bits per heavy atom. The number of hydrogen-bond acceptors (Lipinski definition) is 5. The number of rotatable bonds is 7. The molecule has 1 heterocycles. The second-order valence-corrected chi connectivity index (χ2v) is 7.09. The van der Waals surface area contributed by atoms with Gasteiger partial charge in [-0.1, -0.05) is 37.6 Å². The van der Waals surface area contributed by atoms with Gasteiger partial charge in [0.1, 0.15) is 5.76 Å². The van der Waals surface area contributed by atoms with Crippen LogP contribution in [-0.4, -0.2) is 15.9 Å². The lowest BCUT2D eigenvalue weighted by Crippen LogP contribution is -2.33. The SMILES string of the molecule is CCCCc1ccc(NC(=S)NC(=O)c2ccc(-c3cccc([N+](=O)[O-])c3)o2)cc1. The maximum atomic E-state index is 12.4. The maximum Gasteiger partial charge on any atom is 0.293 e. The van der Waals surface area contributed by atoms with E-state index in [0.717, 1.165) is 24.9 Å². The zero-order valence-electron chi connectivity index (χ0n) is 16.4. The molecular formula is C22H21N3O4S. The molecule has 2 N–H and O–H groups in total. The van der Waals surface area contributed by atoms with Gasteiger partial charge in [-0.2, -0.15) is 0 Å². The molecule has 3 rings (SSSR count). The molecule has 1 aromatic heterocycles. The molecule has 0 bridgehead atoms. The maximum absolute atomic E-state index is 12.4. The molecule has 0 saturated heterocycles. The number of carbonyl (C=O) groups excluding carboxylic acids is 1. The Morgan fingerprint density at radius 2 is 1.90 bits per heavy atom. The summed E-state index contributed by atoms with van der Waals surface area (Å²) in [7, 11) is 0. The Balaban J connectivity index is 1.60. The Bertz CT molecular complexity index is 1060. The number of anilines is 1. The predicted octanol–water partition coefficient (Wildman–Crippen LogP) is 5.32. The Labute approximate surface area is 179 Å². The Kier molecular flexibility index (Phi) is 6.92. The number of non-ortho nitro benzene ring substituents is 1. The van der Waals surface area contributed by atoms with Gasteiger partial charge in [-0.05, 0) is 54.9 Å². The summed E-state index contributed by atoms with van der Waals surface area (Å²) in [5.74, 6) is -0.107. The number of nitrogens with zero attached hydrogens (tertiary/aromatic N) is 1. The monoisotopic (exact) mass is 423 g/mol. The van der Waals surface area contributed by atoms with Crippen molar-refractivity contribution in [2.75, 3.05) is 5.32 Å². The molecular weight excluding hydrogens is 402 g/mol. The molecule has 7 nitrogen and oxygen atoms in total. The van der Waals surface area contributed by atoms with Crippen LogP contribution in [0.25, 0.3) is 11.3 Å². The molecule has 0 saturated carbocycles. The molecule has 0 atom stereocenters. The fourth-order valence-electron chi connectivity index (χ4n) is 2.85. The standard InChI is InChI=1S/C22H21N3O4S/c1-2-3-5-15-8-10-17(11-9-15)23-22(30)24-21(26)20-13-12-19(29-20)16-6-4-7-18(14-16)25(27)28/h4,6-14H,2-3,5H2,1H3,(H2,23,24,26,30). The van der Waals surface area contributed by atoms with Crippen molar-refractivity contribution >= 4 is 34.6 Å². The van der Waals surface area contributed by atoms with Gasteiger partial charge in [-0.25, -0.2) is 0 Å². The van der Waals surface area contributed by atoms with Crippen LogP contribution in [0, 0.1) is 10.1 Å². The predicted molar refractivity (Wildman–Crippen MR) is 120 cm³/mol. The second kappa shape index (κ2) is 9.80. The van der Waals surface area contributed by atoms with Crippen LogP contribution in [-0.2, 0) is 6.42 Å². The molecule has 8 heteroatoms. The van der Waals surface area contributed by atoms with Crippen molar-refractivity contribution in [3.05, 3.63) is 82.1 Å². The summed E-state index contributed by atoms with van der Waals surface area (Å²) in [4.78, 5) is 22.8. The summed E-state index contributed by atoms with van der Waals surface area (Å²) in [5.41, 5.74) is 2.48. The highest BCUT2D eigenvalue weighted by molar-refractivity contribution is 7.80. The van der Waals surface area contributed by atoms with Gasteiger partial charge in [0.15, 0.2) is 10.9 Å². The summed E-state index contributed by atoms with van der Waals surface area (Å²) < 4.78 is 5.55. The zero-order valence-corrected chi connectivity index (χ0v) is 17.2. The number of thiocarbonyl (C=S) groups is 1. The highest BCUT2D eigenvalue weighted by atomic mass is 32.1. The zero-order chi connectivity index (χ0) is 21.5. The number of unbranched alkanes of at least 4 members (excludes halogenated alkanes) is 1. The summed E-state index contributed by atoms with van der Waals surface area (Å²) in [6.45, 7) is 2.16. The molecule has 0 aliphatic carbocycles. The van der Waals surface area contributed by atoms with Crippen molar-refractivity contribution in [2.45, 2.75) is 26.2 Å². The van der Waals surface area contributed by atoms with Crippen molar-refractivity contribution in [3.63, 3.8) is 0 Å². The van der Waals surface area contributed by atoms with E-state index >= 15 is 0 Å². The van der Waals surface area contributed by atoms with Crippen LogP contribution in [0.15, 0.2) is 65.1 Å². The van der Waals surface area contributed by atoms with E-state index in [-0.39, 0.29) is 16.6 Å². The molecule has 0 unspecified atom stereocenters. The first kappa shape index (κ1) is 21.2. The van der Waals surface area contributed by atoms with Crippen LogP contribution in [0.4, 0.5) is 11.4 Å². The van der Waals surface area contributed by atoms with Crippen molar-refractivity contribution in [3.8, 4) is 11.3 Å². The first-order chi connectivity index (χ1) is 14.5. The molecule has 0 spiro atoms. The summed E-state index contributed by atoms with van der Waals surface area (Å²) in [6.07, 6.45) is 3.32. The van der Waals surface area contributed by atoms with Gasteiger partial charge in [-0.15, -0.1) is 0 Å². The molecule has 0 aliphatic rings. The lowest BCUT2D eigenvalue weighted by atomic mass is 10.1. The van der Waals surface area contributed by atoms with Gasteiger partial charge < -0.3 is 9.73 Å². The molecule has 0 fully saturated rings. The molecule has 0 radical (unpaired) electrons. The fraction of sp³-hybridized carbons (Fsp3) is 0.182. The largest absolute Gasteiger partial charge is 0.451 e. The summed E-state index contributed by atoms with van der Waals surface area (Å²) >= 11 is 5.20. The van der Waals surface area contributed by atoms with Crippen LogP contribution in [0.5, 0.6) is 0 Å². The molecule has 154 valence electrons. The first-order valence-corrected chi connectivity index (χ1v) is 9.93. The number of nitro groups is 1. The van der Waals surface area contributed by atoms with Gasteiger partial charge in [0, 0.05) is 23.4 Å². The van der Waals surface area contributed by atoms with E-state index < -0.39 is 10.8 Å². The molecule has 30 heavy (non-hydrogen) atoms. The first-order valence-electron chi connectivity index (χ1n) is 9.52. The van der Waals surface area contributed by atoms with E-state index in [9.17, 15) is 14.9 Å². The number of aryl methyl sites for hydroxylation is 1. The molecule has 3 aromatic rings. The minimum absolute atomic E-state index is 0.0515. The highest BCUT2D eigenvalue weighted by Crippen LogP contribution is 2.25. The van der Waals surface area contributed by atoms with Crippen LogP contribution in [0.2, 0.25) is 0 Å². The number of nitro benzene ring substituents is 1. The average Bonchev–Trinajstić information content (AvgIpc) is 3.24. The molecule has 1 amide bonds. The summed E-state index contributed by atoms with van der Waals surface area (Å²) in [6, 6.07) is 17.0. The average molecular weight is 423 g/mol. The smallest absolute Gasteiger partial charge is 0.293 e. The van der Waals surface area contributed by atoms with E-state index in [1.807, 2.05) is 24.3 Å². The Morgan fingerprint density at radius 3 is 2.60 bits per heavy atom. The van der Waals surface area contributed by atoms with Crippen molar-refractivity contribution in [1.82, 2.24) is 5.32 Å². The van der Waals surface area contributed by atoms with E-state index in [1.165, 1.54) is 23.8 Å². The Hall–Kier alpha value is -3.52. The third-order valence-corrected chi connectivity index (χ3v) is 4.63. The van der Waals surface area contributed by atoms with E-state index in [1.54, 1.807) is 18.2 Å². The van der Waals surface area contributed by atoms with Crippen LogP contribution >= 0.6 is 12.2 Å². The lowest BCUT2D eigenvalue weighted by Gasteiger charge is -2.09. The molecule has 0 aliphatic heterocycles. The van der Waals surface area contributed by atoms with Gasteiger partial charge in [-0.3, -0.25) is 20.2 Å². The van der Waals surface area contributed by atoms with Crippen molar-refractivity contribution < 1.29 is 14.1 Å². The fourth-order valence-corrected chi connectivity index (χ4v) is 3.06. The number of benzene rings is 2. The normalized spacial score (nSPS) is 10.4. The van der Waals surface area contributed by atoms with Crippen molar-refractivity contribution in [1.29, 1.82) is 0 Å². The number of hydrogen-bond donors (Lipinski definition) is 2. The highest BCUT2D eigenvalue weighted by Gasteiger charge is 2.15. The third kappa shape index (κ3) is 5.51.